The highest BCUT2D eigenvalue weighted by Crippen LogP contribution is 2.42. The van der Waals surface area contributed by atoms with Crippen molar-refractivity contribution in [2.45, 2.75) is 6.92 Å². The molecule has 3 rings (SSSR count). The van der Waals surface area contributed by atoms with Crippen LogP contribution in [0.1, 0.15) is 6.92 Å². The SMILES string of the molecule is CC1=CC(=O)N[P@](=O)(Oc2ccc3ccccc3c2)N1. The van der Waals surface area contributed by atoms with E-state index in [0.29, 0.717) is 11.4 Å². The lowest BCUT2D eigenvalue weighted by Crippen LogP contribution is -2.33. The van der Waals surface area contributed by atoms with E-state index in [0.717, 1.165) is 10.8 Å². The zero-order valence-corrected chi connectivity index (χ0v) is 11.7. The van der Waals surface area contributed by atoms with E-state index in [9.17, 15) is 9.36 Å². The van der Waals surface area contributed by atoms with Crippen LogP contribution in [0.15, 0.2) is 54.2 Å². The fraction of sp³-hybridized carbons (Fsp3) is 0.0714. The van der Waals surface area contributed by atoms with Gasteiger partial charge >= 0.3 is 7.67 Å². The van der Waals surface area contributed by atoms with Gasteiger partial charge in [0.15, 0.2) is 0 Å². The third-order valence-corrected chi connectivity index (χ3v) is 4.51. The van der Waals surface area contributed by atoms with Gasteiger partial charge in [-0.15, -0.1) is 0 Å². The smallest absolute Gasteiger partial charge is 0.414 e. The van der Waals surface area contributed by atoms with Crippen LogP contribution in [0.3, 0.4) is 0 Å². The van der Waals surface area contributed by atoms with Crippen LogP contribution in [0.25, 0.3) is 10.8 Å². The molecule has 0 bridgehead atoms. The number of amides is 1. The molecule has 2 aromatic carbocycles. The molecule has 0 spiro atoms. The largest absolute Gasteiger partial charge is 0.446 e. The van der Waals surface area contributed by atoms with Crippen LogP contribution in [-0.2, 0) is 9.36 Å². The van der Waals surface area contributed by atoms with Gasteiger partial charge in [0.2, 0.25) is 0 Å². The number of carbonyl (C=O) groups excluding carboxylic acids is 1. The Bertz CT molecular complexity index is 770. The van der Waals surface area contributed by atoms with Crippen molar-refractivity contribution in [1.29, 1.82) is 0 Å². The predicted molar refractivity (Wildman–Crippen MR) is 77.2 cm³/mol. The topological polar surface area (TPSA) is 67.4 Å². The summed E-state index contributed by atoms with van der Waals surface area (Å²) in [6.45, 7) is 1.66. The average Bonchev–Trinajstić information content (AvgIpc) is 2.36. The molecule has 0 fully saturated rings. The maximum absolute atomic E-state index is 12.5. The Morgan fingerprint density at radius 1 is 1.05 bits per heavy atom. The van der Waals surface area contributed by atoms with Crippen LogP contribution >= 0.6 is 7.67 Å². The molecule has 0 radical (unpaired) electrons. The van der Waals surface area contributed by atoms with Gasteiger partial charge in [-0.05, 0) is 29.8 Å². The molecule has 20 heavy (non-hydrogen) atoms. The summed E-state index contributed by atoms with van der Waals surface area (Å²) >= 11 is 0. The van der Waals surface area contributed by atoms with Crippen molar-refractivity contribution in [3.8, 4) is 5.75 Å². The van der Waals surface area contributed by atoms with E-state index in [1.165, 1.54) is 6.08 Å². The quantitative estimate of drug-likeness (QED) is 0.834. The van der Waals surface area contributed by atoms with Crippen molar-refractivity contribution in [3.05, 3.63) is 54.2 Å². The molecule has 102 valence electrons. The molecule has 0 saturated heterocycles. The van der Waals surface area contributed by atoms with E-state index < -0.39 is 13.6 Å². The Balaban J connectivity index is 1.91. The van der Waals surface area contributed by atoms with Gasteiger partial charge in [-0.25, -0.2) is 4.57 Å². The first-order chi connectivity index (χ1) is 9.54. The number of nitrogens with one attached hydrogen (secondary N) is 2. The second kappa shape index (κ2) is 4.69. The zero-order valence-electron chi connectivity index (χ0n) is 10.8. The van der Waals surface area contributed by atoms with Gasteiger partial charge in [-0.2, -0.15) is 0 Å². The Morgan fingerprint density at radius 2 is 1.80 bits per heavy atom. The Kier molecular flexibility index (Phi) is 2.99. The first kappa shape index (κ1) is 12.8. The zero-order chi connectivity index (χ0) is 14.2. The van der Waals surface area contributed by atoms with E-state index in [-0.39, 0.29) is 0 Å². The Hall–Kier alpha value is -2.26. The number of carbonyl (C=O) groups is 1. The van der Waals surface area contributed by atoms with E-state index in [4.69, 9.17) is 4.52 Å². The van der Waals surface area contributed by atoms with E-state index in [1.54, 1.807) is 19.1 Å². The van der Waals surface area contributed by atoms with Gasteiger partial charge in [-0.1, -0.05) is 30.3 Å². The lowest BCUT2D eigenvalue weighted by atomic mass is 10.1. The number of allylic oxidation sites excluding steroid dienone is 1. The second-order valence-corrected chi connectivity index (χ2v) is 6.30. The van der Waals surface area contributed by atoms with Crippen molar-refractivity contribution in [2.24, 2.45) is 0 Å². The fourth-order valence-corrected chi connectivity index (χ4v) is 3.53. The third kappa shape index (κ3) is 2.53. The highest BCUT2D eigenvalue weighted by molar-refractivity contribution is 7.56. The molecule has 0 aromatic heterocycles. The van der Waals surface area contributed by atoms with Crippen LogP contribution in [0, 0.1) is 0 Å². The second-order valence-electron chi connectivity index (χ2n) is 4.57. The molecule has 1 heterocycles. The first-order valence-corrected chi connectivity index (χ1v) is 7.74. The van der Waals surface area contributed by atoms with E-state index in [1.807, 2.05) is 30.3 Å². The minimum atomic E-state index is -3.44. The van der Waals surface area contributed by atoms with Crippen LogP contribution in [-0.4, -0.2) is 5.91 Å². The monoisotopic (exact) mass is 288 g/mol. The summed E-state index contributed by atoms with van der Waals surface area (Å²) in [6, 6.07) is 13.2. The van der Waals surface area contributed by atoms with Crippen LogP contribution in [0.4, 0.5) is 0 Å². The van der Waals surface area contributed by atoms with Crippen molar-refractivity contribution < 1.29 is 13.9 Å². The maximum atomic E-state index is 12.5. The standard InChI is InChI=1S/C14H13N2O3P/c1-10-8-14(17)16-20(18,15-10)19-13-7-6-11-4-2-3-5-12(11)9-13/h2-9H,1H3,(H2,15,16,17,18)/t20-/m1/s1. The molecule has 5 nitrogen and oxygen atoms in total. The van der Waals surface area contributed by atoms with Crippen LogP contribution in [0.2, 0.25) is 0 Å². The lowest BCUT2D eigenvalue weighted by Gasteiger charge is -2.24. The minimum Gasteiger partial charge on any atom is -0.414 e. The van der Waals surface area contributed by atoms with Crippen molar-refractivity contribution in [3.63, 3.8) is 0 Å². The highest BCUT2D eigenvalue weighted by atomic mass is 31.2. The number of fused-ring (bicyclic) bond motifs is 1. The van der Waals surface area contributed by atoms with Crippen molar-refractivity contribution in [2.75, 3.05) is 0 Å². The molecule has 0 unspecified atom stereocenters. The number of rotatable bonds is 2. The third-order valence-electron chi connectivity index (χ3n) is 2.88. The van der Waals surface area contributed by atoms with Gasteiger partial charge in [0.1, 0.15) is 5.75 Å². The van der Waals surface area contributed by atoms with Crippen molar-refractivity contribution in [1.82, 2.24) is 10.2 Å². The molecule has 2 N–H and O–H groups in total. The molecule has 0 saturated carbocycles. The van der Waals surface area contributed by atoms with Crippen molar-refractivity contribution >= 4 is 24.3 Å². The van der Waals surface area contributed by atoms with Gasteiger partial charge < -0.3 is 4.52 Å². The summed E-state index contributed by atoms with van der Waals surface area (Å²) in [4.78, 5) is 11.4. The summed E-state index contributed by atoms with van der Waals surface area (Å²) in [6.07, 6.45) is 1.33. The first-order valence-electron chi connectivity index (χ1n) is 6.11. The predicted octanol–water partition coefficient (Wildman–Crippen LogP) is 2.95. The average molecular weight is 288 g/mol. The summed E-state index contributed by atoms with van der Waals surface area (Å²) < 4.78 is 17.9. The van der Waals surface area contributed by atoms with Crippen LogP contribution in [0.5, 0.6) is 5.75 Å². The number of hydrogen-bond donors (Lipinski definition) is 2. The Morgan fingerprint density at radius 3 is 2.55 bits per heavy atom. The van der Waals surface area contributed by atoms with Gasteiger partial charge in [-0.3, -0.25) is 15.0 Å². The molecule has 1 atom stereocenters. The molecule has 1 aliphatic rings. The van der Waals surface area contributed by atoms with Gasteiger partial charge in [0.25, 0.3) is 5.91 Å². The summed E-state index contributed by atoms with van der Waals surface area (Å²) in [7, 11) is -3.44. The Labute approximate surface area is 116 Å². The van der Waals surface area contributed by atoms with E-state index >= 15 is 0 Å². The van der Waals surface area contributed by atoms with Crippen LogP contribution < -0.4 is 14.7 Å². The molecule has 6 heteroatoms. The normalized spacial score (nSPS) is 21.9. The molecule has 0 aliphatic carbocycles. The van der Waals surface area contributed by atoms with Gasteiger partial charge in [0.05, 0.1) is 0 Å². The molecular weight excluding hydrogens is 275 g/mol. The molecule has 1 aliphatic heterocycles. The summed E-state index contributed by atoms with van der Waals surface area (Å²) in [5.74, 6) is 0.0138. The fourth-order valence-electron chi connectivity index (χ4n) is 2.08. The summed E-state index contributed by atoms with van der Waals surface area (Å²) in [5, 5.41) is 7.05. The van der Waals surface area contributed by atoms with Gasteiger partial charge in [0, 0.05) is 11.8 Å². The maximum Gasteiger partial charge on any atom is 0.446 e. The molecule has 2 aromatic rings. The molecular formula is C14H13N2O3P. The highest BCUT2D eigenvalue weighted by Gasteiger charge is 2.30. The summed E-state index contributed by atoms with van der Waals surface area (Å²) in [5.41, 5.74) is 0.512. The number of benzene rings is 2. The number of hydrogen-bond acceptors (Lipinski definition) is 3. The lowest BCUT2D eigenvalue weighted by molar-refractivity contribution is -0.115. The molecule has 1 amide bonds. The van der Waals surface area contributed by atoms with E-state index in [2.05, 4.69) is 10.2 Å². The minimum absolute atomic E-state index is 0.426.